The van der Waals surface area contributed by atoms with E-state index < -0.39 is 8.07 Å². The molecule has 0 saturated carbocycles. The summed E-state index contributed by atoms with van der Waals surface area (Å²) in [5.41, 5.74) is 2.28. The molecule has 0 aromatic carbocycles. The summed E-state index contributed by atoms with van der Waals surface area (Å²) >= 11 is 6.12. The topological polar surface area (TPSA) is 62.1 Å². The zero-order valence-corrected chi connectivity index (χ0v) is 18.0. The van der Waals surface area contributed by atoms with Crippen molar-refractivity contribution in [3.05, 3.63) is 35.6 Å². The second-order valence-electron chi connectivity index (χ2n) is 7.49. The quantitative estimate of drug-likeness (QED) is 0.305. The first-order valence-corrected chi connectivity index (χ1v) is 13.2. The Labute approximate surface area is 165 Å². The molecule has 0 fully saturated rings. The first-order chi connectivity index (χ1) is 12.9. The van der Waals surface area contributed by atoms with Crippen molar-refractivity contribution in [2.75, 3.05) is 13.2 Å². The largest absolute Gasteiger partial charge is 0.477 e. The zero-order chi connectivity index (χ0) is 19.4. The van der Waals surface area contributed by atoms with E-state index in [4.69, 9.17) is 26.2 Å². The van der Waals surface area contributed by atoms with Crippen LogP contribution in [0.1, 0.15) is 6.92 Å². The number of hydrogen-bond donors (Lipinski definition) is 0. The van der Waals surface area contributed by atoms with Crippen LogP contribution in [0.25, 0.3) is 22.3 Å². The maximum atomic E-state index is 6.12. The molecule has 0 saturated heterocycles. The van der Waals surface area contributed by atoms with Gasteiger partial charge < -0.3 is 9.47 Å². The summed E-state index contributed by atoms with van der Waals surface area (Å²) < 4.78 is 13.3. The minimum Gasteiger partial charge on any atom is -0.477 e. The van der Waals surface area contributed by atoms with Gasteiger partial charge in [-0.2, -0.15) is 5.10 Å². The Morgan fingerprint density at radius 1 is 1.19 bits per heavy atom. The van der Waals surface area contributed by atoms with Gasteiger partial charge in [0.2, 0.25) is 5.88 Å². The lowest BCUT2D eigenvalue weighted by molar-refractivity contribution is 0.0814. The number of halogens is 1. The number of nitrogens with zero attached hydrogens (tertiary/aromatic N) is 4. The average Bonchev–Trinajstić information content (AvgIpc) is 2.96. The second kappa shape index (κ2) is 8.37. The van der Waals surface area contributed by atoms with Gasteiger partial charge in [-0.3, -0.25) is 0 Å². The monoisotopic (exact) mass is 404 g/mol. The van der Waals surface area contributed by atoms with E-state index in [-0.39, 0.29) is 0 Å². The Kier molecular flexibility index (Phi) is 6.14. The number of ether oxygens (including phenoxy) is 2. The van der Waals surface area contributed by atoms with Crippen LogP contribution in [-0.4, -0.2) is 41.0 Å². The number of pyridine rings is 2. The molecule has 3 aromatic rings. The normalized spacial score (nSPS) is 11.9. The molecule has 0 unspecified atom stereocenters. The third-order valence-electron chi connectivity index (χ3n) is 4.08. The van der Waals surface area contributed by atoms with Crippen LogP contribution < -0.4 is 4.74 Å². The van der Waals surface area contributed by atoms with Crippen molar-refractivity contribution in [1.82, 2.24) is 19.7 Å². The van der Waals surface area contributed by atoms with Crippen molar-refractivity contribution in [2.45, 2.75) is 39.3 Å². The summed E-state index contributed by atoms with van der Waals surface area (Å²) in [6.45, 7) is 10.5. The molecule has 144 valence electrons. The minimum absolute atomic E-state index is 0.332. The molecule has 0 aliphatic carbocycles. The molecular weight excluding hydrogens is 380 g/mol. The average molecular weight is 405 g/mol. The van der Waals surface area contributed by atoms with E-state index in [9.17, 15) is 0 Å². The number of hydrogen-bond acceptors (Lipinski definition) is 5. The highest BCUT2D eigenvalue weighted by Crippen LogP contribution is 2.33. The lowest BCUT2D eigenvalue weighted by Gasteiger charge is -2.15. The van der Waals surface area contributed by atoms with E-state index in [1.807, 2.05) is 25.1 Å². The molecule has 0 N–H and O–H groups in total. The van der Waals surface area contributed by atoms with Crippen LogP contribution >= 0.6 is 11.6 Å². The fourth-order valence-electron chi connectivity index (χ4n) is 2.67. The van der Waals surface area contributed by atoms with Crippen molar-refractivity contribution in [2.24, 2.45) is 0 Å². The SMILES string of the molecule is CCOc1ncccc1-c1nn(COCC[Si](C)(C)C)c2nc(Cl)ccc12. The molecule has 0 atom stereocenters. The van der Waals surface area contributed by atoms with Gasteiger partial charge in [-0.15, -0.1) is 0 Å². The molecule has 0 bridgehead atoms. The molecular formula is C19H25ClN4O2Si. The summed E-state index contributed by atoms with van der Waals surface area (Å²) in [6.07, 6.45) is 1.71. The van der Waals surface area contributed by atoms with Crippen LogP contribution in [0.5, 0.6) is 5.88 Å². The molecule has 27 heavy (non-hydrogen) atoms. The van der Waals surface area contributed by atoms with Crippen molar-refractivity contribution >= 4 is 30.7 Å². The summed E-state index contributed by atoms with van der Waals surface area (Å²) in [5.74, 6) is 0.557. The Bertz CT molecular complexity index is 924. The third-order valence-corrected chi connectivity index (χ3v) is 5.99. The van der Waals surface area contributed by atoms with E-state index in [0.29, 0.717) is 36.6 Å². The van der Waals surface area contributed by atoms with Crippen molar-refractivity contribution < 1.29 is 9.47 Å². The Morgan fingerprint density at radius 3 is 2.74 bits per heavy atom. The van der Waals surface area contributed by atoms with Crippen LogP contribution in [0, 0.1) is 0 Å². The summed E-state index contributed by atoms with van der Waals surface area (Å²) in [5, 5.41) is 6.05. The lowest BCUT2D eigenvalue weighted by Crippen LogP contribution is -2.22. The van der Waals surface area contributed by atoms with Gasteiger partial charge >= 0.3 is 0 Å². The molecule has 0 aliphatic rings. The Morgan fingerprint density at radius 2 is 2.00 bits per heavy atom. The lowest BCUT2D eigenvalue weighted by atomic mass is 10.1. The molecule has 0 aliphatic heterocycles. The van der Waals surface area contributed by atoms with Crippen LogP contribution in [-0.2, 0) is 11.5 Å². The third kappa shape index (κ3) is 4.85. The van der Waals surface area contributed by atoms with Crippen molar-refractivity contribution in [3.63, 3.8) is 0 Å². The first kappa shape index (κ1) is 19.8. The maximum Gasteiger partial charge on any atom is 0.222 e. The highest BCUT2D eigenvalue weighted by Gasteiger charge is 2.18. The minimum atomic E-state index is -1.14. The van der Waals surface area contributed by atoms with E-state index in [0.717, 1.165) is 22.7 Å². The molecule has 0 spiro atoms. The van der Waals surface area contributed by atoms with Gasteiger partial charge in [-0.05, 0) is 37.2 Å². The van der Waals surface area contributed by atoms with Crippen LogP contribution in [0.3, 0.4) is 0 Å². The predicted octanol–water partition coefficient (Wildman–Crippen LogP) is 4.86. The number of aromatic nitrogens is 4. The zero-order valence-electron chi connectivity index (χ0n) is 16.2. The van der Waals surface area contributed by atoms with Gasteiger partial charge in [-0.25, -0.2) is 14.6 Å². The van der Waals surface area contributed by atoms with Gasteiger partial charge in [-0.1, -0.05) is 31.2 Å². The number of fused-ring (bicyclic) bond motifs is 1. The molecule has 3 rings (SSSR count). The van der Waals surface area contributed by atoms with Gasteiger partial charge in [0.15, 0.2) is 5.65 Å². The van der Waals surface area contributed by atoms with E-state index in [1.54, 1.807) is 16.9 Å². The fourth-order valence-corrected chi connectivity index (χ4v) is 3.57. The molecule has 0 amide bonds. The Hall–Kier alpha value is -1.96. The van der Waals surface area contributed by atoms with Crippen LogP contribution in [0.2, 0.25) is 30.8 Å². The fraction of sp³-hybridized carbons (Fsp3) is 0.421. The molecule has 3 heterocycles. The predicted molar refractivity (Wildman–Crippen MR) is 111 cm³/mol. The summed E-state index contributed by atoms with van der Waals surface area (Å²) in [7, 11) is -1.14. The van der Waals surface area contributed by atoms with E-state index >= 15 is 0 Å². The van der Waals surface area contributed by atoms with Crippen molar-refractivity contribution in [3.8, 4) is 17.1 Å². The maximum absolute atomic E-state index is 6.12. The molecule has 0 radical (unpaired) electrons. The molecule has 8 heteroatoms. The van der Waals surface area contributed by atoms with Crippen molar-refractivity contribution in [1.29, 1.82) is 0 Å². The summed E-state index contributed by atoms with van der Waals surface area (Å²) in [6, 6.07) is 8.61. The summed E-state index contributed by atoms with van der Waals surface area (Å²) in [4.78, 5) is 8.79. The van der Waals surface area contributed by atoms with E-state index in [1.165, 1.54) is 0 Å². The van der Waals surface area contributed by atoms with Gasteiger partial charge in [0.25, 0.3) is 0 Å². The van der Waals surface area contributed by atoms with Gasteiger partial charge in [0.05, 0.1) is 12.2 Å². The second-order valence-corrected chi connectivity index (χ2v) is 13.5. The smallest absolute Gasteiger partial charge is 0.222 e. The molecule has 6 nitrogen and oxygen atoms in total. The number of rotatable bonds is 8. The Balaban J connectivity index is 1.95. The van der Waals surface area contributed by atoms with E-state index in [2.05, 4.69) is 29.6 Å². The standard InChI is InChI=1S/C19H25ClN4O2Si/c1-5-26-19-15(7-6-10-21-19)17-14-8-9-16(20)22-18(14)24(23-17)13-25-11-12-27(2,3)4/h6-10H,5,11-13H2,1-4H3. The van der Waals surface area contributed by atoms with Gasteiger partial charge in [0, 0.05) is 26.3 Å². The highest BCUT2D eigenvalue weighted by molar-refractivity contribution is 6.76. The van der Waals surface area contributed by atoms with Crippen LogP contribution in [0.15, 0.2) is 30.5 Å². The molecule has 3 aromatic heterocycles. The van der Waals surface area contributed by atoms with Crippen LogP contribution in [0.4, 0.5) is 0 Å². The first-order valence-electron chi connectivity index (χ1n) is 9.08. The highest BCUT2D eigenvalue weighted by atomic mass is 35.5. The van der Waals surface area contributed by atoms with Gasteiger partial charge in [0.1, 0.15) is 17.6 Å².